The van der Waals surface area contributed by atoms with Gasteiger partial charge in [0.25, 0.3) is 5.91 Å². The summed E-state index contributed by atoms with van der Waals surface area (Å²) in [6.07, 6.45) is 1.93. The SMILES string of the molecule is C/C(=C\c1cc(C)c(-c2ccc(C(=O)NC(C)C)cc2)cc1C)C(=O)NC(C)C. The summed E-state index contributed by atoms with van der Waals surface area (Å²) in [6, 6.07) is 12.1. The Morgan fingerprint density at radius 1 is 0.862 bits per heavy atom. The molecule has 0 saturated carbocycles. The van der Waals surface area contributed by atoms with Gasteiger partial charge in [0.15, 0.2) is 0 Å². The fraction of sp³-hybridized carbons (Fsp3) is 0.360. The molecule has 0 heterocycles. The Labute approximate surface area is 174 Å². The van der Waals surface area contributed by atoms with Gasteiger partial charge in [0.2, 0.25) is 5.91 Å². The largest absolute Gasteiger partial charge is 0.350 e. The lowest BCUT2D eigenvalue weighted by Crippen LogP contribution is -2.30. The first-order valence-corrected chi connectivity index (χ1v) is 10.1. The van der Waals surface area contributed by atoms with Crippen LogP contribution in [0.15, 0.2) is 42.0 Å². The third kappa shape index (κ3) is 6.05. The standard InChI is InChI=1S/C25H32N2O2/c1-15(2)26-24(28)19(7)13-22-12-18(6)23(14-17(22)5)20-8-10-21(11-9-20)25(29)27-16(3)4/h8-16H,1-7H3,(H,26,28)(H,27,29)/b19-13+. The summed E-state index contributed by atoms with van der Waals surface area (Å²) in [7, 11) is 0. The van der Waals surface area contributed by atoms with Crippen LogP contribution in [0.1, 0.15) is 61.7 Å². The number of benzene rings is 2. The highest BCUT2D eigenvalue weighted by Crippen LogP contribution is 2.28. The molecule has 0 spiro atoms. The first kappa shape index (κ1) is 22.4. The second-order valence-corrected chi connectivity index (χ2v) is 8.18. The van der Waals surface area contributed by atoms with Crippen LogP contribution in [0.5, 0.6) is 0 Å². The molecule has 0 atom stereocenters. The van der Waals surface area contributed by atoms with Crippen LogP contribution >= 0.6 is 0 Å². The molecule has 29 heavy (non-hydrogen) atoms. The molecule has 154 valence electrons. The molecule has 2 aromatic rings. The normalized spacial score (nSPS) is 11.7. The van der Waals surface area contributed by atoms with Crippen molar-refractivity contribution in [1.82, 2.24) is 10.6 Å². The Hall–Kier alpha value is -2.88. The smallest absolute Gasteiger partial charge is 0.251 e. The summed E-state index contributed by atoms with van der Waals surface area (Å²) in [5.74, 6) is -0.105. The minimum absolute atomic E-state index is 0.0450. The summed E-state index contributed by atoms with van der Waals surface area (Å²) in [5, 5.41) is 5.83. The van der Waals surface area contributed by atoms with E-state index < -0.39 is 0 Å². The molecule has 0 radical (unpaired) electrons. The fourth-order valence-corrected chi connectivity index (χ4v) is 3.13. The monoisotopic (exact) mass is 392 g/mol. The molecule has 4 heteroatoms. The van der Waals surface area contributed by atoms with Gasteiger partial charge in [-0.3, -0.25) is 9.59 Å². The van der Waals surface area contributed by atoms with Crippen LogP contribution < -0.4 is 10.6 Å². The first-order valence-electron chi connectivity index (χ1n) is 10.1. The molecule has 0 bridgehead atoms. The minimum atomic E-state index is -0.0601. The predicted octanol–water partition coefficient (Wildman–Crippen LogP) is 5.04. The molecule has 2 aromatic carbocycles. The van der Waals surface area contributed by atoms with Crippen molar-refractivity contribution in [2.24, 2.45) is 0 Å². The molecule has 2 N–H and O–H groups in total. The Morgan fingerprint density at radius 3 is 2.00 bits per heavy atom. The highest BCUT2D eigenvalue weighted by Gasteiger charge is 2.11. The molecule has 0 unspecified atom stereocenters. The molecule has 4 nitrogen and oxygen atoms in total. The van der Waals surface area contributed by atoms with Crippen molar-refractivity contribution in [2.75, 3.05) is 0 Å². The maximum absolute atomic E-state index is 12.2. The summed E-state index contributed by atoms with van der Waals surface area (Å²) in [6.45, 7) is 13.7. The number of aryl methyl sites for hydroxylation is 2. The number of carbonyl (C=O) groups is 2. The van der Waals surface area contributed by atoms with Crippen molar-refractivity contribution in [1.29, 1.82) is 0 Å². The molecule has 2 rings (SSSR count). The van der Waals surface area contributed by atoms with E-state index in [2.05, 4.69) is 29.7 Å². The third-order valence-corrected chi connectivity index (χ3v) is 4.64. The lowest BCUT2D eigenvalue weighted by Gasteiger charge is -2.13. The lowest BCUT2D eigenvalue weighted by atomic mass is 9.93. The number of hydrogen-bond acceptors (Lipinski definition) is 2. The molecule has 0 aromatic heterocycles. The van der Waals surface area contributed by atoms with E-state index in [1.807, 2.05) is 71.9 Å². The van der Waals surface area contributed by atoms with Crippen LogP contribution in [0, 0.1) is 13.8 Å². The summed E-state index contributed by atoms with van der Waals surface area (Å²) < 4.78 is 0. The molecule has 0 fully saturated rings. The van der Waals surface area contributed by atoms with E-state index in [9.17, 15) is 9.59 Å². The van der Waals surface area contributed by atoms with Crippen LogP contribution in [0.25, 0.3) is 17.2 Å². The van der Waals surface area contributed by atoms with Gasteiger partial charge in [-0.2, -0.15) is 0 Å². The minimum Gasteiger partial charge on any atom is -0.350 e. The van der Waals surface area contributed by atoms with Crippen molar-refractivity contribution < 1.29 is 9.59 Å². The van der Waals surface area contributed by atoms with E-state index in [1.165, 1.54) is 0 Å². The maximum Gasteiger partial charge on any atom is 0.251 e. The van der Waals surface area contributed by atoms with Gasteiger partial charge in [-0.15, -0.1) is 0 Å². The van der Waals surface area contributed by atoms with Gasteiger partial charge >= 0.3 is 0 Å². The Kier molecular flexibility index (Phi) is 7.38. The van der Waals surface area contributed by atoms with E-state index in [-0.39, 0.29) is 23.9 Å². The van der Waals surface area contributed by atoms with Gasteiger partial charge in [-0.05, 0) is 94.5 Å². The number of carbonyl (C=O) groups excluding carboxylic acids is 2. The van der Waals surface area contributed by atoms with Gasteiger partial charge in [-0.25, -0.2) is 0 Å². The summed E-state index contributed by atoms with van der Waals surface area (Å²) >= 11 is 0. The van der Waals surface area contributed by atoms with Crippen molar-refractivity contribution in [2.45, 2.75) is 60.5 Å². The average molecular weight is 393 g/mol. The number of nitrogens with one attached hydrogen (secondary N) is 2. The fourth-order valence-electron chi connectivity index (χ4n) is 3.13. The second kappa shape index (κ2) is 9.55. The summed E-state index contributed by atoms with van der Waals surface area (Å²) in [4.78, 5) is 24.3. The van der Waals surface area contributed by atoms with Crippen molar-refractivity contribution in [3.8, 4) is 11.1 Å². The van der Waals surface area contributed by atoms with Crippen LogP contribution in [0.3, 0.4) is 0 Å². The first-order chi connectivity index (χ1) is 13.6. The van der Waals surface area contributed by atoms with Crippen LogP contribution in [-0.2, 0) is 4.79 Å². The van der Waals surface area contributed by atoms with Crippen LogP contribution in [0.2, 0.25) is 0 Å². The Balaban J connectivity index is 2.29. The topological polar surface area (TPSA) is 58.2 Å². The van der Waals surface area contributed by atoms with E-state index in [1.54, 1.807) is 0 Å². The quantitative estimate of drug-likeness (QED) is 0.677. The zero-order valence-electron chi connectivity index (χ0n) is 18.5. The predicted molar refractivity (Wildman–Crippen MR) is 121 cm³/mol. The van der Waals surface area contributed by atoms with E-state index in [0.29, 0.717) is 11.1 Å². The third-order valence-electron chi connectivity index (χ3n) is 4.64. The van der Waals surface area contributed by atoms with Crippen molar-refractivity contribution >= 4 is 17.9 Å². The zero-order valence-corrected chi connectivity index (χ0v) is 18.5. The number of rotatable bonds is 6. The molecule has 0 aliphatic heterocycles. The van der Waals surface area contributed by atoms with Gasteiger partial charge in [0.1, 0.15) is 0 Å². The lowest BCUT2D eigenvalue weighted by molar-refractivity contribution is -0.117. The average Bonchev–Trinajstić information content (AvgIpc) is 2.63. The molecular formula is C25H32N2O2. The van der Waals surface area contributed by atoms with E-state index >= 15 is 0 Å². The highest BCUT2D eigenvalue weighted by molar-refractivity contribution is 5.97. The van der Waals surface area contributed by atoms with Gasteiger partial charge < -0.3 is 10.6 Å². The number of amides is 2. The van der Waals surface area contributed by atoms with Crippen LogP contribution in [-0.4, -0.2) is 23.9 Å². The van der Waals surface area contributed by atoms with Crippen molar-refractivity contribution in [3.63, 3.8) is 0 Å². The van der Waals surface area contributed by atoms with Gasteiger partial charge in [-0.1, -0.05) is 24.3 Å². The molecular weight excluding hydrogens is 360 g/mol. The molecule has 0 aliphatic carbocycles. The van der Waals surface area contributed by atoms with Gasteiger partial charge in [0.05, 0.1) is 0 Å². The second-order valence-electron chi connectivity index (χ2n) is 8.18. The van der Waals surface area contributed by atoms with Crippen molar-refractivity contribution in [3.05, 3.63) is 64.2 Å². The highest BCUT2D eigenvalue weighted by atomic mass is 16.2. The molecule has 0 aliphatic rings. The maximum atomic E-state index is 12.2. The summed E-state index contributed by atoms with van der Waals surface area (Å²) in [5.41, 5.74) is 6.80. The van der Waals surface area contributed by atoms with E-state index in [4.69, 9.17) is 0 Å². The zero-order chi connectivity index (χ0) is 21.7. The van der Waals surface area contributed by atoms with Crippen LogP contribution in [0.4, 0.5) is 0 Å². The number of hydrogen-bond donors (Lipinski definition) is 2. The van der Waals surface area contributed by atoms with Gasteiger partial charge in [0, 0.05) is 23.2 Å². The Morgan fingerprint density at radius 2 is 1.45 bits per heavy atom. The molecule has 0 saturated heterocycles. The molecule has 2 amide bonds. The van der Waals surface area contributed by atoms with E-state index in [0.717, 1.165) is 27.8 Å². The Bertz CT molecular complexity index is 923.